The lowest BCUT2D eigenvalue weighted by molar-refractivity contribution is 0.0523. The summed E-state index contributed by atoms with van der Waals surface area (Å²) in [7, 11) is 0. The van der Waals surface area contributed by atoms with Gasteiger partial charge in [0.25, 0.3) is 0 Å². The third kappa shape index (κ3) is 5.58. The van der Waals surface area contributed by atoms with E-state index in [4.69, 9.17) is 4.74 Å². The number of alkyl carbamates (subject to hydrolysis) is 1. The Labute approximate surface area is 131 Å². The molecule has 5 heteroatoms. The maximum atomic E-state index is 11.7. The second-order valence-electron chi connectivity index (χ2n) is 6.35. The summed E-state index contributed by atoms with van der Waals surface area (Å²) in [6, 6.07) is 3.92. The van der Waals surface area contributed by atoms with Gasteiger partial charge in [-0.05, 0) is 39.7 Å². The molecule has 0 saturated heterocycles. The van der Waals surface area contributed by atoms with Gasteiger partial charge in [-0.3, -0.25) is 0 Å². The molecular formula is C16H24N2O2S. The zero-order valence-corrected chi connectivity index (χ0v) is 13.8. The molecule has 4 nitrogen and oxygen atoms in total. The number of ether oxygens (including phenoxy) is 1. The topological polar surface area (TPSA) is 51.2 Å². The Bertz CT molecular complexity index is 479. The molecule has 1 fully saturated rings. The molecule has 0 atom stereocenters. The number of aromatic nitrogens is 1. The third-order valence-corrected chi connectivity index (χ3v) is 4.65. The Morgan fingerprint density at radius 2 is 2.14 bits per heavy atom. The number of carbonyl (C=O) groups excluding carboxylic acids is 1. The van der Waals surface area contributed by atoms with Crippen LogP contribution < -0.4 is 5.32 Å². The van der Waals surface area contributed by atoms with Gasteiger partial charge in [-0.15, -0.1) is 11.8 Å². The smallest absolute Gasteiger partial charge is 0.407 e. The molecule has 116 valence electrons. The van der Waals surface area contributed by atoms with Gasteiger partial charge in [-0.25, -0.2) is 9.78 Å². The first-order chi connectivity index (χ1) is 9.94. The molecule has 1 aromatic rings. The van der Waals surface area contributed by atoms with Gasteiger partial charge in [0.05, 0.1) is 0 Å². The molecule has 1 aliphatic carbocycles. The fourth-order valence-corrected chi connectivity index (χ4v) is 3.61. The number of hydrogen-bond acceptors (Lipinski definition) is 4. The summed E-state index contributed by atoms with van der Waals surface area (Å²) >= 11 is 1.84. The first-order valence-corrected chi connectivity index (χ1v) is 8.39. The van der Waals surface area contributed by atoms with Crippen LogP contribution in [0.2, 0.25) is 0 Å². The normalized spacial score (nSPS) is 16.0. The second kappa shape index (κ2) is 7.16. The molecule has 0 unspecified atom stereocenters. The predicted octanol–water partition coefficient (Wildman–Crippen LogP) is 4.14. The van der Waals surface area contributed by atoms with E-state index in [1.54, 1.807) is 0 Å². The Hall–Kier alpha value is -1.23. The van der Waals surface area contributed by atoms with Crippen molar-refractivity contribution in [1.29, 1.82) is 0 Å². The molecule has 21 heavy (non-hydrogen) atoms. The van der Waals surface area contributed by atoms with Crippen molar-refractivity contribution in [1.82, 2.24) is 10.3 Å². The highest BCUT2D eigenvalue weighted by atomic mass is 32.2. The average molecular weight is 308 g/mol. The van der Waals surface area contributed by atoms with E-state index in [0.29, 0.717) is 11.8 Å². The number of hydrogen-bond donors (Lipinski definition) is 1. The highest BCUT2D eigenvalue weighted by molar-refractivity contribution is 7.99. The van der Waals surface area contributed by atoms with Crippen LogP contribution >= 0.6 is 11.8 Å². The minimum atomic E-state index is -0.472. The van der Waals surface area contributed by atoms with Gasteiger partial charge in [-0.2, -0.15) is 0 Å². The van der Waals surface area contributed by atoms with Gasteiger partial charge in [0.2, 0.25) is 0 Å². The summed E-state index contributed by atoms with van der Waals surface area (Å²) in [4.78, 5) is 16.2. The molecule has 0 bridgehead atoms. The molecule has 0 aliphatic heterocycles. The van der Waals surface area contributed by atoms with Crippen LogP contribution in [-0.4, -0.2) is 21.9 Å². The molecular weight excluding hydrogens is 284 g/mol. The zero-order chi connectivity index (χ0) is 15.3. The van der Waals surface area contributed by atoms with Crippen LogP contribution in [0.15, 0.2) is 23.4 Å². The summed E-state index contributed by atoms with van der Waals surface area (Å²) in [5.74, 6) is 0. The summed E-state index contributed by atoms with van der Waals surface area (Å²) in [6.07, 6.45) is 6.59. The number of thioether (sulfide) groups is 1. The molecule has 1 aliphatic rings. The summed E-state index contributed by atoms with van der Waals surface area (Å²) in [6.45, 7) is 6.03. The van der Waals surface area contributed by atoms with Crippen molar-refractivity contribution in [2.75, 3.05) is 0 Å². The standard InChI is InChI=1S/C16H24N2O2S/c1-16(2,3)20-15(19)18-11-12-7-6-10-17-14(12)21-13-8-4-5-9-13/h6-7,10,13H,4-5,8-9,11H2,1-3H3,(H,18,19). The fourth-order valence-electron chi connectivity index (χ4n) is 2.31. The van der Waals surface area contributed by atoms with Crippen molar-refractivity contribution >= 4 is 17.9 Å². The largest absolute Gasteiger partial charge is 0.444 e. The molecule has 1 heterocycles. The average Bonchev–Trinajstić information content (AvgIpc) is 2.88. The molecule has 1 amide bonds. The number of nitrogens with zero attached hydrogens (tertiary/aromatic N) is 1. The molecule has 2 rings (SSSR count). The molecule has 1 saturated carbocycles. The monoisotopic (exact) mass is 308 g/mol. The first kappa shape index (κ1) is 16.1. The van der Waals surface area contributed by atoms with Gasteiger partial charge >= 0.3 is 6.09 Å². The Kier molecular flexibility index (Phi) is 5.51. The highest BCUT2D eigenvalue weighted by Gasteiger charge is 2.19. The summed E-state index contributed by atoms with van der Waals surface area (Å²) in [5, 5.41) is 4.50. The second-order valence-corrected chi connectivity index (χ2v) is 7.64. The SMILES string of the molecule is CC(C)(C)OC(=O)NCc1cccnc1SC1CCCC1. The fraction of sp³-hybridized carbons (Fsp3) is 0.625. The molecule has 0 spiro atoms. The summed E-state index contributed by atoms with van der Waals surface area (Å²) < 4.78 is 5.26. The van der Waals surface area contributed by atoms with E-state index in [-0.39, 0.29) is 6.09 Å². The quantitative estimate of drug-likeness (QED) is 0.908. The van der Waals surface area contributed by atoms with Crippen LogP contribution in [-0.2, 0) is 11.3 Å². The number of rotatable bonds is 4. The van der Waals surface area contributed by atoms with Gasteiger partial charge in [0, 0.05) is 23.6 Å². The number of amides is 1. The van der Waals surface area contributed by atoms with Crippen molar-refractivity contribution in [3.05, 3.63) is 23.9 Å². The Morgan fingerprint density at radius 1 is 1.43 bits per heavy atom. The van der Waals surface area contributed by atoms with Crippen LogP contribution in [0.5, 0.6) is 0 Å². The van der Waals surface area contributed by atoms with Crippen molar-refractivity contribution in [2.45, 2.75) is 68.9 Å². The lowest BCUT2D eigenvalue weighted by atomic mass is 10.2. The van der Waals surface area contributed by atoms with Gasteiger partial charge in [-0.1, -0.05) is 18.9 Å². The van der Waals surface area contributed by atoms with Gasteiger partial charge in [0.15, 0.2) is 0 Å². The van der Waals surface area contributed by atoms with Crippen LogP contribution in [0.25, 0.3) is 0 Å². The Morgan fingerprint density at radius 3 is 2.81 bits per heavy atom. The van der Waals surface area contributed by atoms with Gasteiger partial charge in [0.1, 0.15) is 10.6 Å². The molecule has 1 N–H and O–H groups in total. The third-order valence-electron chi connectivity index (χ3n) is 3.25. The Balaban J connectivity index is 1.91. The van der Waals surface area contributed by atoms with E-state index >= 15 is 0 Å². The minimum Gasteiger partial charge on any atom is -0.444 e. The van der Waals surface area contributed by atoms with Crippen molar-refractivity contribution < 1.29 is 9.53 Å². The van der Waals surface area contributed by atoms with Gasteiger partial charge < -0.3 is 10.1 Å². The van der Waals surface area contributed by atoms with E-state index < -0.39 is 5.60 Å². The van der Waals surface area contributed by atoms with Crippen LogP contribution in [0.4, 0.5) is 4.79 Å². The van der Waals surface area contributed by atoms with E-state index in [9.17, 15) is 4.79 Å². The van der Waals surface area contributed by atoms with E-state index in [1.807, 2.05) is 50.9 Å². The lowest BCUT2D eigenvalue weighted by Gasteiger charge is -2.20. The lowest BCUT2D eigenvalue weighted by Crippen LogP contribution is -2.32. The van der Waals surface area contributed by atoms with E-state index in [1.165, 1.54) is 25.7 Å². The van der Waals surface area contributed by atoms with Crippen molar-refractivity contribution in [3.63, 3.8) is 0 Å². The van der Waals surface area contributed by atoms with Crippen molar-refractivity contribution in [3.8, 4) is 0 Å². The van der Waals surface area contributed by atoms with E-state index in [2.05, 4.69) is 10.3 Å². The number of carbonyl (C=O) groups is 1. The maximum Gasteiger partial charge on any atom is 0.407 e. The van der Waals surface area contributed by atoms with E-state index in [0.717, 1.165) is 10.6 Å². The van der Waals surface area contributed by atoms with Crippen LogP contribution in [0, 0.1) is 0 Å². The van der Waals surface area contributed by atoms with Crippen LogP contribution in [0.1, 0.15) is 52.0 Å². The minimum absolute atomic E-state index is 0.386. The maximum absolute atomic E-state index is 11.7. The highest BCUT2D eigenvalue weighted by Crippen LogP contribution is 2.35. The first-order valence-electron chi connectivity index (χ1n) is 7.51. The van der Waals surface area contributed by atoms with Crippen LogP contribution in [0.3, 0.4) is 0 Å². The number of nitrogens with one attached hydrogen (secondary N) is 1. The summed E-state index contributed by atoms with van der Waals surface area (Å²) in [5.41, 5.74) is 0.584. The zero-order valence-electron chi connectivity index (χ0n) is 13.0. The van der Waals surface area contributed by atoms with Crippen molar-refractivity contribution in [2.24, 2.45) is 0 Å². The predicted molar refractivity (Wildman–Crippen MR) is 85.4 cm³/mol. The molecule has 0 radical (unpaired) electrons. The molecule has 1 aromatic heterocycles. The molecule has 0 aromatic carbocycles. The number of pyridine rings is 1.